The second kappa shape index (κ2) is 11.3. The maximum atomic E-state index is 13.1. The van der Waals surface area contributed by atoms with Gasteiger partial charge in [0.15, 0.2) is 0 Å². The van der Waals surface area contributed by atoms with Crippen LogP contribution in [0.4, 0.5) is 13.2 Å². The molecule has 2 N–H and O–H groups in total. The number of nitrogens with zero attached hydrogens (tertiary/aromatic N) is 2. The van der Waals surface area contributed by atoms with Crippen LogP contribution in [-0.2, 0) is 17.6 Å². The number of aromatic nitrogens is 2. The molecule has 0 atom stereocenters. The lowest BCUT2D eigenvalue weighted by atomic mass is 10.0. The van der Waals surface area contributed by atoms with E-state index in [4.69, 9.17) is 31.0 Å². The first kappa shape index (κ1) is 26.9. The van der Waals surface area contributed by atoms with Crippen molar-refractivity contribution >= 4 is 23.5 Å². The van der Waals surface area contributed by atoms with Gasteiger partial charge in [0.1, 0.15) is 11.5 Å². The lowest BCUT2D eigenvalue weighted by molar-refractivity contribution is -0.192. The lowest BCUT2D eigenvalue weighted by Gasteiger charge is -2.21. The predicted octanol–water partition coefficient (Wildman–Crippen LogP) is 4.62. The molecule has 1 amide bonds. The van der Waals surface area contributed by atoms with Crippen molar-refractivity contribution < 1.29 is 37.3 Å². The van der Waals surface area contributed by atoms with Gasteiger partial charge < -0.3 is 19.5 Å². The van der Waals surface area contributed by atoms with Gasteiger partial charge in [0.05, 0.1) is 25.5 Å². The number of hydrogen-bond donors (Lipinski definition) is 2. The summed E-state index contributed by atoms with van der Waals surface area (Å²) in [6.07, 6.45) is -3.67. The smallest absolute Gasteiger partial charge is 0.490 e. The number of H-pyrrole nitrogens is 1. The van der Waals surface area contributed by atoms with Crippen molar-refractivity contribution in [2.45, 2.75) is 19.0 Å². The van der Waals surface area contributed by atoms with Crippen LogP contribution in [-0.4, -0.2) is 65.6 Å². The van der Waals surface area contributed by atoms with E-state index >= 15 is 0 Å². The number of alkyl halides is 3. The minimum absolute atomic E-state index is 0.0597. The largest absolute Gasteiger partial charge is 0.496 e. The molecule has 36 heavy (non-hydrogen) atoms. The summed E-state index contributed by atoms with van der Waals surface area (Å²) in [6, 6.07) is 12.9. The summed E-state index contributed by atoms with van der Waals surface area (Å²) in [7, 11) is 3.20. The Morgan fingerprint density at radius 2 is 1.69 bits per heavy atom. The van der Waals surface area contributed by atoms with Crippen LogP contribution in [0.25, 0.3) is 11.3 Å². The summed E-state index contributed by atoms with van der Waals surface area (Å²) in [5, 5.41) is 15.4. The van der Waals surface area contributed by atoms with Gasteiger partial charge in [-0.1, -0.05) is 23.7 Å². The fraction of sp³-hybridized carbons (Fsp3) is 0.292. The molecule has 0 fully saturated rings. The average molecular weight is 526 g/mol. The first-order chi connectivity index (χ1) is 17.1. The fourth-order valence-electron chi connectivity index (χ4n) is 3.76. The Labute approximate surface area is 209 Å². The van der Waals surface area contributed by atoms with Gasteiger partial charge in [0, 0.05) is 41.4 Å². The molecule has 2 aromatic carbocycles. The lowest BCUT2D eigenvalue weighted by Crippen LogP contribution is -2.33. The Hall–Kier alpha value is -3.73. The first-order valence-corrected chi connectivity index (χ1v) is 11.1. The molecule has 1 aliphatic rings. The van der Waals surface area contributed by atoms with Gasteiger partial charge in [0.2, 0.25) is 0 Å². The van der Waals surface area contributed by atoms with Gasteiger partial charge in [-0.25, -0.2) is 4.79 Å². The molecule has 4 rings (SSSR count). The summed E-state index contributed by atoms with van der Waals surface area (Å²) in [5.41, 5.74) is 4.55. The summed E-state index contributed by atoms with van der Waals surface area (Å²) >= 11 is 6.03. The maximum Gasteiger partial charge on any atom is 0.490 e. The van der Waals surface area contributed by atoms with Crippen molar-refractivity contribution in [3.63, 3.8) is 0 Å². The Morgan fingerprint density at radius 3 is 2.33 bits per heavy atom. The molecular formula is C24H23ClF3N3O5. The maximum absolute atomic E-state index is 13.1. The number of carbonyl (C=O) groups excluding carboxylic acids is 1. The second-order valence-corrected chi connectivity index (χ2v) is 8.11. The van der Waals surface area contributed by atoms with E-state index in [0.29, 0.717) is 42.3 Å². The highest BCUT2D eigenvalue weighted by molar-refractivity contribution is 6.30. The fourth-order valence-corrected chi connectivity index (χ4v) is 3.92. The molecule has 8 nitrogen and oxygen atoms in total. The van der Waals surface area contributed by atoms with Gasteiger partial charge in [-0.15, -0.1) is 0 Å². The molecule has 1 aliphatic heterocycles. The van der Waals surface area contributed by atoms with Gasteiger partial charge in [0.25, 0.3) is 5.91 Å². The Kier molecular flexibility index (Phi) is 8.46. The number of rotatable bonds is 4. The van der Waals surface area contributed by atoms with Crippen molar-refractivity contribution in [2.75, 3.05) is 27.3 Å². The number of ether oxygens (including phenoxy) is 2. The number of fused-ring (bicyclic) bond motifs is 1. The number of benzene rings is 2. The van der Waals surface area contributed by atoms with Crippen LogP contribution >= 0.6 is 11.6 Å². The molecule has 1 aromatic heterocycles. The number of halogens is 4. The number of nitrogens with one attached hydrogen (secondary N) is 1. The Morgan fingerprint density at radius 1 is 1.06 bits per heavy atom. The minimum atomic E-state index is -5.08. The van der Waals surface area contributed by atoms with E-state index in [0.717, 1.165) is 28.3 Å². The van der Waals surface area contributed by atoms with Crippen LogP contribution in [0.5, 0.6) is 11.5 Å². The highest BCUT2D eigenvalue weighted by Crippen LogP contribution is 2.33. The van der Waals surface area contributed by atoms with Gasteiger partial charge in [-0.3, -0.25) is 9.89 Å². The highest BCUT2D eigenvalue weighted by Gasteiger charge is 2.38. The average Bonchev–Trinajstić information content (AvgIpc) is 3.13. The quantitative estimate of drug-likeness (QED) is 0.515. The van der Waals surface area contributed by atoms with Crippen molar-refractivity contribution in [2.24, 2.45) is 0 Å². The van der Waals surface area contributed by atoms with Crippen molar-refractivity contribution in [3.05, 3.63) is 64.3 Å². The van der Waals surface area contributed by atoms with E-state index < -0.39 is 12.1 Å². The third kappa shape index (κ3) is 6.09. The third-order valence-electron chi connectivity index (χ3n) is 5.50. The van der Waals surface area contributed by atoms with Gasteiger partial charge >= 0.3 is 12.1 Å². The molecule has 0 unspecified atom stereocenters. The van der Waals surface area contributed by atoms with E-state index in [1.807, 2.05) is 29.2 Å². The van der Waals surface area contributed by atoms with Gasteiger partial charge in [-0.2, -0.15) is 18.3 Å². The van der Waals surface area contributed by atoms with Crippen LogP contribution in [0.1, 0.15) is 21.6 Å². The molecule has 0 radical (unpaired) electrons. The standard InChI is InChI=1S/C22H22ClN3O3.C2HF3O2/c1-28-19-6-4-3-5-16(19)21-15-9-11-26(12-10-18(15)24-25-21)22(27)17-8-7-14(23)13-20(17)29-2;3-2(4,5)1(6)7/h3-8,13H,9-12H2,1-2H3,(H,24,25);(H,6,7). The summed E-state index contributed by atoms with van der Waals surface area (Å²) in [6.45, 7) is 1.20. The molecule has 0 saturated carbocycles. The van der Waals surface area contributed by atoms with Gasteiger partial charge in [-0.05, 0) is 36.8 Å². The normalized spacial score (nSPS) is 13.1. The molecular weight excluding hydrogens is 503 g/mol. The number of aliphatic carboxylic acids is 1. The van der Waals surface area contributed by atoms with Crippen LogP contribution in [0.2, 0.25) is 5.02 Å². The van der Waals surface area contributed by atoms with E-state index in [1.54, 1.807) is 32.4 Å². The van der Waals surface area contributed by atoms with Crippen molar-refractivity contribution in [3.8, 4) is 22.8 Å². The number of amides is 1. The third-order valence-corrected chi connectivity index (χ3v) is 5.74. The molecule has 12 heteroatoms. The topological polar surface area (TPSA) is 105 Å². The first-order valence-electron chi connectivity index (χ1n) is 10.7. The SMILES string of the molecule is COc1cc(Cl)ccc1C(=O)N1CCc2[nH]nc(-c3ccccc3OC)c2CC1.O=C(O)C(F)(F)F. The van der Waals surface area contributed by atoms with E-state index in [9.17, 15) is 18.0 Å². The monoisotopic (exact) mass is 525 g/mol. The van der Waals surface area contributed by atoms with Crippen LogP contribution in [0.15, 0.2) is 42.5 Å². The molecule has 192 valence electrons. The zero-order chi connectivity index (χ0) is 26.5. The molecule has 3 aromatic rings. The predicted molar refractivity (Wildman–Crippen MR) is 126 cm³/mol. The summed E-state index contributed by atoms with van der Waals surface area (Å²) < 4.78 is 42.6. The highest BCUT2D eigenvalue weighted by atomic mass is 35.5. The summed E-state index contributed by atoms with van der Waals surface area (Å²) in [4.78, 5) is 23.9. The number of carboxylic acids is 1. The zero-order valence-corrected chi connectivity index (χ0v) is 20.1. The molecule has 0 spiro atoms. The number of aromatic amines is 1. The van der Waals surface area contributed by atoms with Crippen LogP contribution in [0, 0.1) is 0 Å². The number of methoxy groups -OCH3 is 2. The Bertz CT molecular complexity index is 1250. The Balaban J connectivity index is 0.000000454. The van der Waals surface area contributed by atoms with Crippen LogP contribution in [0.3, 0.4) is 0 Å². The second-order valence-electron chi connectivity index (χ2n) is 7.67. The molecule has 0 bridgehead atoms. The van der Waals surface area contributed by atoms with E-state index in [-0.39, 0.29) is 5.91 Å². The molecule has 0 saturated heterocycles. The minimum Gasteiger partial charge on any atom is -0.496 e. The summed E-state index contributed by atoms with van der Waals surface area (Å²) in [5.74, 6) is -1.55. The molecule has 0 aliphatic carbocycles. The van der Waals surface area contributed by atoms with Crippen molar-refractivity contribution in [1.82, 2.24) is 15.1 Å². The van der Waals surface area contributed by atoms with E-state index in [2.05, 4.69) is 10.2 Å². The number of para-hydroxylation sites is 1. The van der Waals surface area contributed by atoms with Crippen molar-refractivity contribution in [1.29, 1.82) is 0 Å². The molecule has 2 heterocycles. The number of hydrogen-bond acceptors (Lipinski definition) is 5. The zero-order valence-electron chi connectivity index (χ0n) is 19.4. The van der Waals surface area contributed by atoms with E-state index in [1.165, 1.54) is 0 Å². The van der Waals surface area contributed by atoms with Crippen LogP contribution < -0.4 is 9.47 Å². The number of carbonyl (C=O) groups is 2. The number of carboxylic acid groups (broad SMARTS) is 1.